The minimum Gasteiger partial charge on any atom is -0.198 e. The summed E-state index contributed by atoms with van der Waals surface area (Å²) in [5.74, 6) is 2.81. The Labute approximate surface area is 158 Å². The van der Waals surface area contributed by atoms with Crippen LogP contribution in [0.5, 0.6) is 0 Å². The van der Waals surface area contributed by atoms with E-state index in [0.29, 0.717) is 0 Å². The van der Waals surface area contributed by atoms with Gasteiger partial charge in [-0.2, -0.15) is 5.26 Å². The zero-order valence-corrected chi connectivity index (χ0v) is 17.2. The quantitative estimate of drug-likeness (QED) is 0.367. The van der Waals surface area contributed by atoms with Crippen molar-refractivity contribution >= 4 is 0 Å². The Morgan fingerprint density at radius 3 is 2.24 bits per heavy atom. The summed E-state index contributed by atoms with van der Waals surface area (Å²) >= 11 is 0. The van der Waals surface area contributed by atoms with E-state index in [9.17, 15) is 5.26 Å². The topological polar surface area (TPSA) is 23.8 Å². The van der Waals surface area contributed by atoms with Crippen LogP contribution >= 0.6 is 0 Å². The van der Waals surface area contributed by atoms with E-state index in [1.54, 1.807) is 0 Å². The number of nitriles is 1. The van der Waals surface area contributed by atoms with Gasteiger partial charge in [-0.15, -0.1) is 0 Å². The highest BCUT2D eigenvalue weighted by Crippen LogP contribution is 2.48. The first kappa shape index (κ1) is 20.8. The van der Waals surface area contributed by atoms with Crippen molar-refractivity contribution in [2.75, 3.05) is 0 Å². The third-order valence-corrected chi connectivity index (χ3v) is 7.40. The predicted octanol–water partition coefficient (Wildman–Crippen LogP) is 8.04. The van der Waals surface area contributed by atoms with Gasteiger partial charge in [0.1, 0.15) is 0 Å². The van der Waals surface area contributed by atoms with E-state index in [0.717, 1.165) is 17.8 Å². The van der Waals surface area contributed by atoms with Gasteiger partial charge in [-0.25, -0.2) is 0 Å². The van der Waals surface area contributed by atoms with E-state index in [1.807, 2.05) is 0 Å². The fourth-order valence-corrected chi connectivity index (χ4v) is 5.70. The maximum absolute atomic E-state index is 9.95. The summed E-state index contributed by atoms with van der Waals surface area (Å²) in [6.45, 7) is 4.59. The van der Waals surface area contributed by atoms with Gasteiger partial charge in [-0.3, -0.25) is 0 Å². The lowest BCUT2D eigenvalue weighted by molar-refractivity contribution is 0.102. The Kier molecular flexibility index (Phi) is 9.36. The molecule has 0 saturated heterocycles. The van der Waals surface area contributed by atoms with Crippen molar-refractivity contribution in [3.63, 3.8) is 0 Å². The van der Waals surface area contributed by atoms with Crippen molar-refractivity contribution < 1.29 is 0 Å². The molecule has 0 radical (unpaired) electrons. The largest absolute Gasteiger partial charge is 0.198 e. The fraction of sp³-hybridized carbons (Fsp3) is 0.958. The van der Waals surface area contributed by atoms with Crippen LogP contribution < -0.4 is 0 Å². The fourth-order valence-electron chi connectivity index (χ4n) is 5.70. The standard InChI is InChI=1S/C24H43N/c1-3-5-7-8-9-17-24(20-25)18-10-12-23(19-24)22-15-13-21(14-16-22)11-6-4-2/h21-23H,3-19H2,1-2H3/t21?,22?,23-,24+/m1/s1. The van der Waals surface area contributed by atoms with Crippen molar-refractivity contribution in [3.8, 4) is 6.07 Å². The highest BCUT2D eigenvalue weighted by Gasteiger charge is 2.39. The molecule has 0 N–H and O–H groups in total. The minimum absolute atomic E-state index is 0.0359. The Morgan fingerprint density at radius 1 is 0.840 bits per heavy atom. The highest BCUT2D eigenvalue weighted by atomic mass is 14.5. The number of rotatable bonds is 10. The molecule has 2 fully saturated rings. The molecular formula is C24H43N. The van der Waals surface area contributed by atoms with E-state index >= 15 is 0 Å². The molecule has 25 heavy (non-hydrogen) atoms. The first-order valence-electron chi connectivity index (χ1n) is 11.6. The summed E-state index contributed by atoms with van der Waals surface area (Å²) in [6, 6.07) is 2.81. The number of hydrogen-bond acceptors (Lipinski definition) is 1. The Hall–Kier alpha value is -0.510. The molecule has 1 heteroatoms. The van der Waals surface area contributed by atoms with E-state index in [1.165, 1.54) is 109 Å². The normalized spacial score (nSPS) is 33.1. The van der Waals surface area contributed by atoms with Crippen LogP contribution in [0.25, 0.3) is 0 Å². The van der Waals surface area contributed by atoms with E-state index in [2.05, 4.69) is 19.9 Å². The van der Waals surface area contributed by atoms with Crippen LogP contribution in [0.15, 0.2) is 0 Å². The van der Waals surface area contributed by atoms with Crippen LogP contribution in [0.1, 0.15) is 123 Å². The zero-order valence-electron chi connectivity index (χ0n) is 17.2. The Balaban J connectivity index is 1.78. The number of nitrogens with zero attached hydrogens (tertiary/aromatic N) is 1. The monoisotopic (exact) mass is 345 g/mol. The van der Waals surface area contributed by atoms with Gasteiger partial charge in [0.25, 0.3) is 0 Å². The summed E-state index contributed by atoms with van der Waals surface area (Å²) in [5, 5.41) is 9.95. The SMILES string of the molecule is CCCCCCC[C@]1(C#N)CCC[C@@H](C2CCC(CCCC)CC2)C1. The molecule has 2 aliphatic rings. The smallest absolute Gasteiger partial charge is 0.0689 e. The van der Waals surface area contributed by atoms with Gasteiger partial charge in [0.2, 0.25) is 0 Å². The molecule has 0 bridgehead atoms. The van der Waals surface area contributed by atoms with Crippen LogP contribution in [0.4, 0.5) is 0 Å². The zero-order chi connectivity index (χ0) is 18.0. The molecule has 144 valence electrons. The van der Waals surface area contributed by atoms with Gasteiger partial charge in [-0.1, -0.05) is 90.9 Å². The second kappa shape index (κ2) is 11.3. The average molecular weight is 346 g/mol. The van der Waals surface area contributed by atoms with Crippen LogP contribution in [0.2, 0.25) is 0 Å². The lowest BCUT2D eigenvalue weighted by Gasteiger charge is -2.42. The van der Waals surface area contributed by atoms with Gasteiger partial charge in [0, 0.05) is 0 Å². The Morgan fingerprint density at radius 2 is 1.56 bits per heavy atom. The molecule has 1 nitrogen and oxygen atoms in total. The van der Waals surface area contributed by atoms with Crippen molar-refractivity contribution in [2.45, 2.75) is 123 Å². The summed E-state index contributed by atoms with van der Waals surface area (Å²) in [4.78, 5) is 0. The third-order valence-electron chi connectivity index (χ3n) is 7.40. The predicted molar refractivity (Wildman–Crippen MR) is 108 cm³/mol. The molecule has 0 aromatic carbocycles. The molecule has 0 heterocycles. The second-order valence-electron chi connectivity index (χ2n) is 9.34. The van der Waals surface area contributed by atoms with Gasteiger partial charge >= 0.3 is 0 Å². The molecule has 0 amide bonds. The van der Waals surface area contributed by atoms with Crippen molar-refractivity contribution in [1.29, 1.82) is 5.26 Å². The van der Waals surface area contributed by atoms with E-state index in [-0.39, 0.29) is 5.41 Å². The van der Waals surface area contributed by atoms with Crippen LogP contribution in [-0.4, -0.2) is 0 Å². The molecule has 2 atom stereocenters. The summed E-state index contributed by atoms with van der Waals surface area (Å²) in [5.41, 5.74) is 0.0359. The highest BCUT2D eigenvalue weighted by molar-refractivity contribution is 5.03. The first-order valence-corrected chi connectivity index (χ1v) is 11.6. The van der Waals surface area contributed by atoms with Crippen molar-refractivity contribution in [3.05, 3.63) is 0 Å². The van der Waals surface area contributed by atoms with Crippen molar-refractivity contribution in [2.24, 2.45) is 23.2 Å². The molecule has 2 saturated carbocycles. The molecule has 2 aliphatic carbocycles. The number of hydrogen-bond donors (Lipinski definition) is 0. The summed E-state index contributed by atoms with van der Waals surface area (Å²) < 4.78 is 0. The van der Waals surface area contributed by atoms with Gasteiger partial charge in [0.15, 0.2) is 0 Å². The number of unbranched alkanes of at least 4 members (excludes halogenated alkanes) is 5. The maximum atomic E-state index is 9.95. The van der Waals surface area contributed by atoms with Crippen LogP contribution in [-0.2, 0) is 0 Å². The molecule has 0 spiro atoms. The molecule has 0 aromatic rings. The summed E-state index contributed by atoms with van der Waals surface area (Å²) in [7, 11) is 0. The lowest BCUT2D eigenvalue weighted by atomic mass is 9.62. The second-order valence-corrected chi connectivity index (χ2v) is 9.34. The molecule has 2 rings (SSSR count). The van der Waals surface area contributed by atoms with Crippen LogP contribution in [0, 0.1) is 34.5 Å². The Bertz CT molecular complexity index is 387. The van der Waals surface area contributed by atoms with Gasteiger partial charge < -0.3 is 0 Å². The van der Waals surface area contributed by atoms with Gasteiger partial charge in [-0.05, 0) is 49.9 Å². The lowest BCUT2D eigenvalue weighted by Crippen LogP contribution is -2.32. The van der Waals surface area contributed by atoms with Gasteiger partial charge in [0.05, 0.1) is 11.5 Å². The minimum atomic E-state index is 0.0359. The molecule has 0 aliphatic heterocycles. The first-order chi connectivity index (χ1) is 12.2. The average Bonchev–Trinajstić information content (AvgIpc) is 2.67. The maximum Gasteiger partial charge on any atom is 0.0689 e. The van der Waals surface area contributed by atoms with Crippen molar-refractivity contribution in [1.82, 2.24) is 0 Å². The van der Waals surface area contributed by atoms with E-state index in [4.69, 9.17) is 0 Å². The molecular weight excluding hydrogens is 302 g/mol. The van der Waals surface area contributed by atoms with Crippen LogP contribution in [0.3, 0.4) is 0 Å². The molecule has 0 unspecified atom stereocenters. The summed E-state index contributed by atoms with van der Waals surface area (Å²) in [6.07, 6.45) is 23.0. The molecule has 0 aromatic heterocycles. The third kappa shape index (κ3) is 6.62. The van der Waals surface area contributed by atoms with E-state index < -0.39 is 0 Å².